The highest BCUT2D eigenvalue weighted by atomic mass is 127. The molecule has 0 saturated heterocycles. The van der Waals surface area contributed by atoms with Gasteiger partial charge in [0.25, 0.3) is 0 Å². The van der Waals surface area contributed by atoms with E-state index in [1.807, 2.05) is 45.2 Å². The first kappa shape index (κ1) is 16.7. The van der Waals surface area contributed by atoms with Gasteiger partial charge in [0.15, 0.2) is 0 Å². The molecule has 0 fully saturated rings. The minimum atomic E-state index is -4.36. The highest BCUT2D eigenvalue weighted by molar-refractivity contribution is 14.1. The third kappa shape index (κ3) is 3.96. The number of anilines is 1. The highest BCUT2D eigenvalue weighted by Crippen LogP contribution is 2.33. The van der Waals surface area contributed by atoms with Gasteiger partial charge in [-0.3, -0.25) is 0 Å². The molecule has 0 saturated carbocycles. The summed E-state index contributed by atoms with van der Waals surface area (Å²) in [6, 6.07) is 5.59. The van der Waals surface area contributed by atoms with Crippen molar-refractivity contribution in [1.82, 2.24) is 9.97 Å². The zero-order chi connectivity index (χ0) is 15.6. The summed E-state index contributed by atoms with van der Waals surface area (Å²) < 4.78 is 40.5. The lowest BCUT2D eigenvalue weighted by molar-refractivity contribution is -0.138. The third-order valence-corrected chi connectivity index (χ3v) is 4.42. The predicted molar refractivity (Wildman–Crippen MR) is 91.0 cm³/mol. The third-order valence-electron chi connectivity index (χ3n) is 2.84. The van der Waals surface area contributed by atoms with Gasteiger partial charge in [-0.15, -0.1) is 0 Å². The quantitative estimate of drug-likeness (QED) is 0.447. The number of aromatic nitrogens is 2. The maximum atomic E-state index is 13.0. The van der Waals surface area contributed by atoms with Crippen LogP contribution in [0.4, 0.5) is 18.9 Å². The van der Waals surface area contributed by atoms with Crippen LogP contribution in [0.3, 0.4) is 0 Å². The molecular formula is C13H10F3I2N3. The Morgan fingerprint density at radius 1 is 1.10 bits per heavy atom. The van der Waals surface area contributed by atoms with Crippen molar-refractivity contribution in [3.63, 3.8) is 0 Å². The zero-order valence-electron chi connectivity index (χ0n) is 10.8. The molecule has 0 radical (unpaired) electrons. The van der Waals surface area contributed by atoms with Crippen molar-refractivity contribution in [3.05, 3.63) is 49.1 Å². The Morgan fingerprint density at radius 3 is 2.24 bits per heavy atom. The lowest BCUT2D eigenvalue weighted by atomic mass is 10.1. The Hall–Kier alpha value is -0.650. The van der Waals surface area contributed by atoms with Crippen LogP contribution in [0.1, 0.15) is 11.1 Å². The standard InChI is InChI=1S/C13H10F3I2N3/c1-21(10-11(17)19-7-20-12(10)18)6-8-4-2-3-5-9(8)13(14,15)16/h2-5,7H,6H2,1H3. The van der Waals surface area contributed by atoms with Gasteiger partial charge in [-0.25, -0.2) is 9.97 Å². The minimum absolute atomic E-state index is 0.134. The largest absolute Gasteiger partial charge is 0.416 e. The van der Waals surface area contributed by atoms with Gasteiger partial charge in [0.05, 0.1) is 5.56 Å². The van der Waals surface area contributed by atoms with Crippen molar-refractivity contribution in [2.45, 2.75) is 12.7 Å². The maximum Gasteiger partial charge on any atom is 0.416 e. The lowest BCUT2D eigenvalue weighted by Gasteiger charge is -2.23. The van der Waals surface area contributed by atoms with Crippen LogP contribution in [0.15, 0.2) is 30.6 Å². The van der Waals surface area contributed by atoms with E-state index >= 15 is 0 Å². The molecule has 2 aromatic rings. The first-order chi connectivity index (χ1) is 9.80. The monoisotopic (exact) mass is 519 g/mol. The van der Waals surface area contributed by atoms with Gasteiger partial charge in [-0.05, 0) is 56.8 Å². The van der Waals surface area contributed by atoms with E-state index in [1.165, 1.54) is 18.5 Å². The van der Waals surface area contributed by atoms with Gasteiger partial charge in [0, 0.05) is 13.6 Å². The van der Waals surface area contributed by atoms with E-state index in [0.717, 1.165) is 11.8 Å². The van der Waals surface area contributed by atoms with Gasteiger partial charge >= 0.3 is 6.18 Å². The van der Waals surface area contributed by atoms with Gasteiger partial charge in [0.1, 0.15) is 19.4 Å². The van der Waals surface area contributed by atoms with Gasteiger partial charge in [-0.2, -0.15) is 13.2 Å². The fraction of sp³-hybridized carbons (Fsp3) is 0.231. The summed E-state index contributed by atoms with van der Waals surface area (Å²) in [6.07, 6.45) is -2.92. The second-order valence-corrected chi connectivity index (χ2v) is 6.36. The van der Waals surface area contributed by atoms with E-state index in [-0.39, 0.29) is 12.1 Å². The number of hydrogen-bond acceptors (Lipinski definition) is 3. The Kier molecular flexibility index (Phi) is 5.28. The maximum absolute atomic E-state index is 13.0. The average molecular weight is 519 g/mol. The molecular weight excluding hydrogens is 509 g/mol. The molecule has 0 bridgehead atoms. The number of alkyl halides is 3. The summed E-state index contributed by atoms with van der Waals surface area (Å²) >= 11 is 4.10. The molecule has 8 heteroatoms. The fourth-order valence-corrected chi connectivity index (χ4v) is 4.02. The molecule has 1 heterocycles. The van der Waals surface area contributed by atoms with E-state index in [1.54, 1.807) is 18.0 Å². The smallest absolute Gasteiger partial charge is 0.366 e. The van der Waals surface area contributed by atoms with Gasteiger partial charge in [-0.1, -0.05) is 18.2 Å². The molecule has 2 rings (SSSR count). The molecule has 0 N–H and O–H groups in total. The number of nitrogens with zero attached hydrogens (tertiary/aromatic N) is 3. The predicted octanol–water partition coefficient (Wildman–Crippen LogP) is 4.34. The molecule has 0 amide bonds. The van der Waals surface area contributed by atoms with E-state index in [9.17, 15) is 13.2 Å². The summed E-state index contributed by atoms with van der Waals surface area (Å²) in [4.78, 5) is 9.89. The van der Waals surface area contributed by atoms with Gasteiger partial charge < -0.3 is 4.90 Å². The molecule has 0 aliphatic carbocycles. The number of benzene rings is 1. The van der Waals surface area contributed by atoms with E-state index in [4.69, 9.17) is 0 Å². The van der Waals surface area contributed by atoms with Crippen LogP contribution in [-0.2, 0) is 12.7 Å². The molecule has 0 aliphatic heterocycles. The first-order valence-corrected chi connectivity index (χ1v) is 7.98. The normalized spacial score (nSPS) is 11.5. The van der Waals surface area contributed by atoms with Crippen molar-refractivity contribution in [1.29, 1.82) is 0 Å². The van der Waals surface area contributed by atoms with E-state index < -0.39 is 11.7 Å². The summed E-state index contributed by atoms with van der Waals surface area (Å²) in [5.41, 5.74) is 0.345. The van der Waals surface area contributed by atoms with Crippen molar-refractivity contribution in [2.24, 2.45) is 0 Å². The van der Waals surface area contributed by atoms with Crippen LogP contribution >= 0.6 is 45.2 Å². The van der Waals surface area contributed by atoms with Crippen molar-refractivity contribution in [2.75, 3.05) is 11.9 Å². The number of halogens is 5. The lowest BCUT2D eigenvalue weighted by Crippen LogP contribution is -2.22. The van der Waals surface area contributed by atoms with Crippen molar-refractivity contribution in [3.8, 4) is 0 Å². The first-order valence-electron chi connectivity index (χ1n) is 5.83. The molecule has 0 atom stereocenters. The van der Waals surface area contributed by atoms with Crippen LogP contribution < -0.4 is 4.90 Å². The SMILES string of the molecule is CN(Cc1ccccc1C(F)(F)F)c1c(I)ncnc1I. The molecule has 0 unspecified atom stereocenters. The molecule has 1 aromatic carbocycles. The van der Waals surface area contributed by atoms with Gasteiger partial charge in [0.2, 0.25) is 0 Å². The molecule has 0 aliphatic rings. The number of rotatable bonds is 3. The van der Waals surface area contributed by atoms with E-state index in [0.29, 0.717) is 7.40 Å². The molecule has 21 heavy (non-hydrogen) atoms. The Labute approximate surface area is 147 Å². The summed E-state index contributed by atoms with van der Waals surface area (Å²) in [5, 5.41) is 0. The topological polar surface area (TPSA) is 29.0 Å². The summed E-state index contributed by atoms with van der Waals surface area (Å²) in [7, 11) is 1.73. The van der Waals surface area contributed by atoms with Crippen LogP contribution in [0.2, 0.25) is 0 Å². The summed E-state index contributed by atoms with van der Waals surface area (Å²) in [5.74, 6) is 0. The minimum Gasteiger partial charge on any atom is -0.366 e. The van der Waals surface area contributed by atoms with Crippen molar-refractivity contribution < 1.29 is 13.2 Å². The van der Waals surface area contributed by atoms with E-state index in [2.05, 4.69) is 9.97 Å². The number of hydrogen-bond donors (Lipinski definition) is 0. The van der Waals surface area contributed by atoms with Crippen LogP contribution in [-0.4, -0.2) is 17.0 Å². The molecule has 1 aromatic heterocycles. The second kappa shape index (κ2) is 6.63. The summed E-state index contributed by atoms with van der Waals surface area (Å²) in [6.45, 7) is 0.134. The van der Waals surface area contributed by atoms with Crippen LogP contribution in [0.25, 0.3) is 0 Å². The molecule has 0 spiro atoms. The van der Waals surface area contributed by atoms with Crippen LogP contribution in [0, 0.1) is 7.40 Å². The zero-order valence-corrected chi connectivity index (χ0v) is 15.1. The van der Waals surface area contributed by atoms with Crippen LogP contribution in [0.5, 0.6) is 0 Å². The second-order valence-electron chi connectivity index (χ2n) is 4.31. The Bertz CT molecular complexity index is 627. The fourth-order valence-electron chi connectivity index (χ4n) is 1.92. The Balaban J connectivity index is 2.35. The molecule has 112 valence electrons. The van der Waals surface area contributed by atoms with Crippen molar-refractivity contribution >= 4 is 50.9 Å². The highest BCUT2D eigenvalue weighted by Gasteiger charge is 2.33. The Morgan fingerprint density at radius 2 is 1.67 bits per heavy atom. The average Bonchev–Trinajstić information content (AvgIpc) is 2.37. The molecule has 3 nitrogen and oxygen atoms in total.